The standard InChI is InChI=1S/C11H16N2O4/c1-2-4-9(10(15)16)12-11(17)13-6-3-5-8(13)7-14/h1,8-9,14H,3-7H2,(H,12,17)(H,15,16). The lowest BCUT2D eigenvalue weighted by Crippen LogP contribution is -2.50. The van der Waals surface area contributed by atoms with Crippen molar-refractivity contribution >= 4 is 12.0 Å². The summed E-state index contributed by atoms with van der Waals surface area (Å²) in [5, 5.41) is 20.3. The van der Waals surface area contributed by atoms with Gasteiger partial charge in [-0.15, -0.1) is 12.3 Å². The number of carboxylic acids is 1. The van der Waals surface area contributed by atoms with Gasteiger partial charge in [0.15, 0.2) is 0 Å². The number of hydrogen-bond acceptors (Lipinski definition) is 3. The number of nitrogens with zero attached hydrogens (tertiary/aromatic N) is 1. The van der Waals surface area contributed by atoms with Crippen LogP contribution >= 0.6 is 0 Å². The Morgan fingerprint density at radius 2 is 2.29 bits per heavy atom. The summed E-state index contributed by atoms with van der Waals surface area (Å²) < 4.78 is 0. The number of likely N-dealkylation sites (tertiary alicyclic amines) is 1. The van der Waals surface area contributed by atoms with Crippen molar-refractivity contribution in [3.8, 4) is 12.3 Å². The van der Waals surface area contributed by atoms with Crippen LogP contribution in [-0.4, -0.2) is 52.3 Å². The normalized spacial score (nSPS) is 20.7. The van der Waals surface area contributed by atoms with Crippen LogP contribution in [0.15, 0.2) is 0 Å². The molecule has 94 valence electrons. The zero-order valence-corrected chi connectivity index (χ0v) is 9.43. The maximum atomic E-state index is 11.8. The highest BCUT2D eigenvalue weighted by Crippen LogP contribution is 2.16. The highest BCUT2D eigenvalue weighted by molar-refractivity contribution is 5.83. The highest BCUT2D eigenvalue weighted by atomic mass is 16.4. The number of carbonyl (C=O) groups is 2. The first-order valence-electron chi connectivity index (χ1n) is 5.44. The second-order valence-corrected chi connectivity index (χ2v) is 3.92. The van der Waals surface area contributed by atoms with Crippen LogP contribution in [0.2, 0.25) is 0 Å². The van der Waals surface area contributed by atoms with Crippen molar-refractivity contribution in [2.45, 2.75) is 31.3 Å². The van der Waals surface area contributed by atoms with Crippen LogP contribution in [0.1, 0.15) is 19.3 Å². The molecule has 1 rings (SSSR count). The Hall–Kier alpha value is -1.74. The first-order valence-corrected chi connectivity index (χ1v) is 5.44. The zero-order chi connectivity index (χ0) is 12.8. The van der Waals surface area contributed by atoms with Gasteiger partial charge >= 0.3 is 12.0 Å². The molecule has 0 spiro atoms. The number of amides is 2. The van der Waals surface area contributed by atoms with Crippen LogP contribution in [0.3, 0.4) is 0 Å². The summed E-state index contributed by atoms with van der Waals surface area (Å²) in [5.74, 6) is 1.05. The van der Waals surface area contributed by atoms with Crippen molar-refractivity contribution in [1.82, 2.24) is 10.2 Å². The van der Waals surface area contributed by atoms with Gasteiger partial charge in [-0.1, -0.05) is 0 Å². The molecule has 0 bridgehead atoms. The molecule has 0 radical (unpaired) electrons. The molecule has 1 saturated heterocycles. The fourth-order valence-corrected chi connectivity index (χ4v) is 1.84. The van der Waals surface area contributed by atoms with E-state index in [1.54, 1.807) is 0 Å². The lowest BCUT2D eigenvalue weighted by molar-refractivity contribution is -0.139. The fraction of sp³-hybridized carbons (Fsp3) is 0.636. The maximum Gasteiger partial charge on any atom is 0.327 e. The van der Waals surface area contributed by atoms with Crippen molar-refractivity contribution in [1.29, 1.82) is 0 Å². The molecule has 2 unspecified atom stereocenters. The third-order valence-corrected chi connectivity index (χ3v) is 2.77. The maximum absolute atomic E-state index is 11.8. The lowest BCUT2D eigenvalue weighted by atomic mass is 10.2. The molecule has 6 heteroatoms. The van der Waals surface area contributed by atoms with E-state index in [0.29, 0.717) is 6.54 Å². The molecule has 0 saturated carbocycles. The smallest absolute Gasteiger partial charge is 0.327 e. The van der Waals surface area contributed by atoms with E-state index in [0.717, 1.165) is 12.8 Å². The molecule has 0 aromatic carbocycles. The van der Waals surface area contributed by atoms with E-state index >= 15 is 0 Å². The Balaban J connectivity index is 2.58. The largest absolute Gasteiger partial charge is 0.480 e. The molecule has 0 aliphatic carbocycles. The minimum atomic E-state index is -1.16. The summed E-state index contributed by atoms with van der Waals surface area (Å²) in [4.78, 5) is 24.0. The number of terminal acetylenes is 1. The van der Waals surface area contributed by atoms with E-state index in [2.05, 4.69) is 11.2 Å². The fourth-order valence-electron chi connectivity index (χ4n) is 1.84. The summed E-state index contributed by atoms with van der Waals surface area (Å²) in [6, 6.07) is -1.79. The Kier molecular flexibility index (Phi) is 4.79. The Morgan fingerprint density at radius 1 is 1.59 bits per heavy atom. The van der Waals surface area contributed by atoms with Gasteiger partial charge in [-0.2, -0.15) is 0 Å². The topological polar surface area (TPSA) is 89.9 Å². The van der Waals surface area contributed by atoms with Crippen molar-refractivity contribution < 1.29 is 19.8 Å². The van der Waals surface area contributed by atoms with E-state index in [1.165, 1.54) is 4.90 Å². The minimum Gasteiger partial charge on any atom is -0.480 e. The Labute approximate surface area is 99.6 Å². The molecule has 1 aliphatic heterocycles. The number of aliphatic carboxylic acids is 1. The van der Waals surface area contributed by atoms with Gasteiger partial charge in [0, 0.05) is 13.0 Å². The van der Waals surface area contributed by atoms with E-state index in [1.807, 2.05) is 0 Å². The monoisotopic (exact) mass is 240 g/mol. The van der Waals surface area contributed by atoms with Crippen LogP contribution in [0.4, 0.5) is 4.79 Å². The van der Waals surface area contributed by atoms with Gasteiger partial charge in [0.1, 0.15) is 6.04 Å². The number of urea groups is 1. The molecular weight excluding hydrogens is 224 g/mol. The van der Waals surface area contributed by atoms with E-state index in [9.17, 15) is 9.59 Å². The molecule has 0 aromatic rings. The molecular formula is C11H16N2O4. The van der Waals surface area contributed by atoms with Crippen molar-refractivity contribution in [3.63, 3.8) is 0 Å². The molecule has 2 atom stereocenters. The van der Waals surface area contributed by atoms with E-state index in [4.69, 9.17) is 16.6 Å². The van der Waals surface area contributed by atoms with Gasteiger partial charge < -0.3 is 20.4 Å². The minimum absolute atomic E-state index is 0.0568. The van der Waals surface area contributed by atoms with Crippen LogP contribution < -0.4 is 5.32 Å². The van der Waals surface area contributed by atoms with Crippen LogP contribution in [0.5, 0.6) is 0 Å². The number of rotatable bonds is 4. The molecule has 1 fully saturated rings. The van der Waals surface area contributed by atoms with Gasteiger partial charge in [0.05, 0.1) is 12.6 Å². The number of aliphatic hydroxyl groups excluding tert-OH is 1. The number of carbonyl (C=O) groups excluding carboxylic acids is 1. The van der Waals surface area contributed by atoms with Crippen molar-refractivity contribution in [2.75, 3.05) is 13.2 Å². The van der Waals surface area contributed by atoms with Crippen LogP contribution in [0.25, 0.3) is 0 Å². The number of hydrogen-bond donors (Lipinski definition) is 3. The zero-order valence-electron chi connectivity index (χ0n) is 9.43. The quantitative estimate of drug-likeness (QED) is 0.585. The number of carboxylic acid groups (broad SMARTS) is 1. The Morgan fingerprint density at radius 3 is 2.82 bits per heavy atom. The third-order valence-electron chi connectivity index (χ3n) is 2.77. The van der Waals surface area contributed by atoms with Crippen molar-refractivity contribution in [2.24, 2.45) is 0 Å². The van der Waals surface area contributed by atoms with E-state index < -0.39 is 18.0 Å². The summed E-state index contributed by atoms with van der Waals surface area (Å²) in [7, 11) is 0. The van der Waals surface area contributed by atoms with E-state index in [-0.39, 0.29) is 19.1 Å². The molecule has 3 N–H and O–H groups in total. The summed E-state index contributed by atoms with van der Waals surface area (Å²) in [6.07, 6.45) is 6.52. The molecule has 1 heterocycles. The first-order chi connectivity index (χ1) is 8.10. The highest BCUT2D eigenvalue weighted by Gasteiger charge is 2.30. The second-order valence-electron chi connectivity index (χ2n) is 3.92. The molecule has 1 aliphatic rings. The lowest BCUT2D eigenvalue weighted by Gasteiger charge is -2.24. The van der Waals surface area contributed by atoms with Gasteiger partial charge in [0.25, 0.3) is 0 Å². The third kappa shape index (κ3) is 3.36. The summed E-state index contributed by atoms with van der Waals surface area (Å²) in [6.45, 7) is 0.416. The molecule has 17 heavy (non-hydrogen) atoms. The second kappa shape index (κ2) is 6.11. The van der Waals surface area contributed by atoms with Crippen LogP contribution in [0, 0.1) is 12.3 Å². The molecule has 0 aromatic heterocycles. The molecule has 6 nitrogen and oxygen atoms in total. The van der Waals surface area contributed by atoms with Crippen LogP contribution in [-0.2, 0) is 4.79 Å². The van der Waals surface area contributed by atoms with Gasteiger partial charge in [0.2, 0.25) is 0 Å². The number of aliphatic hydroxyl groups is 1. The SMILES string of the molecule is C#CCC(NC(=O)N1CCCC1CO)C(=O)O. The predicted molar refractivity (Wildman–Crippen MR) is 60.2 cm³/mol. The van der Waals surface area contributed by atoms with Gasteiger partial charge in [-0.25, -0.2) is 9.59 Å². The van der Waals surface area contributed by atoms with Gasteiger partial charge in [-0.3, -0.25) is 0 Å². The average molecular weight is 240 g/mol. The predicted octanol–water partition coefficient (Wildman–Crippen LogP) is -0.371. The summed E-state index contributed by atoms with van der Waals surface area (Å²) >= 11 is 0. The first kappa shape index (κ1) is 13.3. The number of nitrogens with one attached hydrogen (secondary N) is 1. The van der Waals surface area contributed by atoms with Crippen molar-refractivity contribution in [3.05, 3.63) is 0 Å². The van der Waals surface area contributed by atoms with Gasteiger partial charge in [-0.05, 0) is 12.8 Å². The Bertz CT molecular complexity index is 337. The average Bonchev–Trinajstić information content (AvgIpc) is 2.76. The molecule has 2 amide bonds. The summed E-state index contributed by atoms with van der Waals surface area (Å²) in [5.41, 5.74) is 0.